The van der Waals surface area contributed by atoms with Crippen LogP contribution in [0.15, 0.2) is 18.2 Å². The second-order valence-corrected chi connectivity index (χ2v) is 4.14. The van der Waals surface area contributed by atoms with Crippen LogP contribution >= 0.6 is 0 Å². The van der Waals surface area contributed by atoms with E-state index in [4.69, 9.17) is 4.74 Å². The number of rotatable bonds is 2. The zero-order valence-corrected chi connectivity index (χ0v) is 8.79. The summed E-state index contributed by atoms with van der Waals surface area (Å²) in [6.45, 7) is 3.61. The van der Waals surface area contributed by atoms with E-state index in [1.165, 1.54) is 6.07 Å². The number of pyridine rings is 1. The van der Waals surface area contributed by atoms with Crippen molar-refractivity contribution in [1.29, 1.82) is 0 Å². The molecular weight excluding hydrogens is 195 g/mol. The fraction of sp³-hybridized carbons (Fsp3) is 0.545. The van der Waals surface area contributed by atoms with Crippen molar-refractivity contribution in [1.82, 2.24) is 4.98 Å². The Morgan fingerprint density at radius 3 is 2.80 bits per heavy atom. The topological polar surface area (TPSA) is 34.2 Å². The smallest absolute Gasteiger partial charge is 0.214 e. The molecule has 0 atom stereocenters. The van der Waals surface area contributed by atoms with E-state index in [0.29, 0.717) is 5.82 Å². The number of hydrogen-bond acceptors (Lipinski definition) is 3. The summed E-state index contributed by atoms with van der Waals surface area (Å²) in [5, 5.41) is 3.27. The quantitative estimate of drug-likeness (QED) is 0.760. The standard InChI is InChI=1S/C11H15FN2O/c1-11(5-7-15-8-6-11)14-10-4-2-3-9(12)13-10/h2-4H,5-8H2,1H3,(H,13,14). The molecule has 82 valence electrons. The molecule has 1 aliphatic heterocycles. The van der Waals surface area contributed by atoms with E-state index < -0.39 is 5.95 Å². The molecule has 1 aromatic heterocycles. The van der Waals surface area contributed by atoms with Crippen molar-refractivity contribution in [3.63, 3.8) is 0 Å². The molecule has 0 spiro atoms. The van der Waals surface area contributed by atoms with Crippen molar-refractivity contribution in [2.24, 2.45) is 0 Å². The molecule has 0 radical (unpaired) electrons. The maximum Gasteiger partial charge on any atom is 0.214 e. The van der Waals surface area contributed by atoms with Crippen molar-refractivity contribution < 1.29 is 9.13 Å². The molecule has 1 N–H and O–H groups in total. The van der Waals surface area contributed by atoms with E-state index >= 15 is 0 Å². The molecule has 2 heterocycles. The van der Waals surface area contributed by atoms with Gasteiger partial charge in [0.25, 0.3) is 0 Å². The molecule has 0 unspecified atom stereocenters. The normalized spacial score (nSPS) is 19.9. The molecule has 0 amide bonds. The Morgan fingerprint density at radius 2 is 2.13 bits per heavy atom. The summed E-state index contributed by atoms with van der Waals surface area (Å²) in [7, 11) is 0. The maximum atomic E-state index is 12.9. The van der Waals surface area contributed by atoms with Crippen molar-refractivity contribution >= 4 is 5.82 Å². The van der Waals surface area contributed by atoms with Gasteiger partial charge in [0.05, 0.1) is 0 Å². The van der Waals surface area contributed by atoms with Crippen LogP contribution in [-0.4, -0.2) is 23.7 Å². The van der Waals surface area contributed by atoms with Gasteiger partial charge in [0.1, 0.15) is 5.82 Å². The molecule has 1 aromatic rings. The average molecular weight is 210 g/mol. The molecule has 4 heteroatoms. The van der Waals surface area contributed by atoms with Crippen LogP contribution in [-0.2, 0) is 4.74 Å². The minimum absolute atomic E-state index is 0.0287. The third kappa shape index (κ3) is 2.65. The summed E-state index contributed by atoms with van der Waals surface area (Å²) in [4.78, 5) is 3.79. The summed E-state index contributed by atoms with van der Waals surface area (Å²) in [6, 6.07) is 4.79. The molecule has 2 rings (SSSR count). The second kappa shape index (κ2) is 4.14. The van der Waals surface area contributed by atoms with E-state index in [2.05, 4.69) is 17.2 Å². The number of halogens is 1. The average Bonchev–Trinajstić information content (AvgIpc) is 2.18. The SMILES string of the molecule is CC1(Nc2cccc(F)n2)CCOCC1. The van der Waals surface area contributed by atoms with E-state index in [1.807, 2.05) is 0 Å². The fourth-order valence-corrected chi connectivity index (χ4v) is 1.73. The first-order valence-corrected chi connectivity index (χ1v) is 5.16. The largest absolute Gasteiger partial charge is 0.381 e. The van der Waals surface area contributed by atoms with Gasteiger partial charge in [-0.3, -0.25) is 0 Å². The lowest BCUT2D eigenvalue weighted by Gasteiger charge is -2.34. The van der Waals surface area contributed by atoms with Gasteiger partial charge in [-0.05, 0) is 31.9 Å². The van der Waals surface area contributed by atoms with Crippen LogP contribution in [0.3, 0.4) is 0 Å². The van der Waals surface area contributed by atoms with Gasteiger partial charge in [0.15, 0.2) is 0 Å². The van der Waals surface area contributed by atoms with Crippen LogP contribution < -0.4 is 5.32 Å². The Bertz CT molecular complexity index is 337. The molecule has 0 aromatic carbocycles. The summed E-state index contributed by atoms with van der Waals surface area (Å²) in [5.41, 5.74) is -0.0287. The van der Waals surface area contributed by atoms with Crippen molar-refractivity contribution in [2.75, 3.05) is 18.5 Å². The van der Waals surface area contributed by atoms with Gasteiger partial charge < -0.3 is 10.1 Å². The Kier molecular flexibility index (Phi) is 2.86. The van der Waals surface area contributed by atoms with E-state index in [1.54, 1.807) is 12.1 Å². The first-order chi connectivity index (χ1) is 7.18. The Hall–Kier alpha value is -1.16. The highest BCUT2D eigenvalue weighted by Gasteiger charge is 2.27. The number of nitrogens with one attached hydrogen (secondary N) is 1. The van der Waals surface area contributed by atoms with Crippen LogP contribution in [0, 0.1) is 5.95 Å². The predicted molar refractivity (Wildman–Crippen MR) is 56.3 cm³/mol. The molecular formula is C11H15FN2O. The van der Waals surface area contributed by atoms with Gasteiger partial charge in [-0.1, -0.05) is 6.07 Å². The number of anilines is 1. The summed E-state index contributed by atoms with van der Waals surface area (Å²) >= 11 is 0. The third-order valence-corrected chi connectivity index (χ3v) is 2.74. The van der Waals surface area contributed by atoms with Gasteiger partial charge in [0.2, 0.25) is 5.95 Å². The van der Waals surface area contributed by atoms with Gasteiger partial charge in [0, 0.05) is 18.8 Å². The van der Waals surface area contributed by atoms with E-state index in [-0.39, 0.29) is 5.54 Å². The molecule has 1 saturated heterocycles. The number of nitrogens with zero attached hydrogens (tertiary/aromatic N) is 1. The van der Waals surface area contributed by atoms with Crippen LogP contribution in [0.25, 0.3) is 0 Å². The lowest BCUT2D eigenvalue weighted by atomic mass is 9.92. The minimum Gasteiger partial charge on any atom is -0.381 e. The molecule has 3 nitrogen and oxygen atoms in total. The third-order valence-electron chi connectivity index (χ3n) is 2.74. The van der Waals surface area contributed by atoms with Crippen LogP contribution in [0.2, 0.25) is 0 Å². The molecule has 0 aliphatic carbocycles. The monoisotopic (exact) mass is 210 g/mol. The number of aromatic nitrogens is 1. The molecule has 15 heavy (non-hydrogen) atoms. The zero-order valence-electron chi connectivity index (χ0n) is 8.79. The lowest BCUT2D eigenvalue weighted by Crippen LogP contribution is -2.40. The van der Waals surface area contributed by atoms with Crippen LogP contribution in [0.1, 0.15) is 19.8 Å². The molecule has 0 bridgehead atoms. The van der Waals surface area contributed by atoms with E-state index in [9.17, 15) is 4.39 Å². The Balaban J connectivity index is 2.06. The summed E-state index contributed by atoms with van der Waals surface area (Å²) < 4.78 is 18.2. The van der Waals surface area contributed by atoms with Gasteiger partial charge >= 0.3 is 0 Å². The highest BCUT2D eigenvalue weighted by Crippen LogP contribution is 2.24. The van der Waals surface area contributed by atoms with Crippen LogP contribution in [0.4, 0.5) is 10.2 Å². The van der Waals surface area contributed by atoms with E-state index in [0.717, 1.165) is 26.1 Å². The highest BCUT2D eigenvalue weighted by molar-refractivity contribution is 5.37. The van der Waals surface area contributed by atoms with Crippen molar-refractivity contribution in [2.45, 2.75) is 25.3 Å². The number of hydrogen-bond donors (Lipinski definition) is 1. The van der Waals surface area contributed by atoms with Gasteiger partial charge in [-0.2, -0.15) is 4.39 Å². The Morgan fingerprint density at radius 1 is 1.40 bits per heavy atom. The minimum atomic E-state index is -0.448. The number of ether oxygens (including phenoxy) is 1. The highest BCUT2D eigenvalue weighted by atomic mass is 19.1. The molecule has 1 fully saturated rings. The first-order valence-electron chi connectivity index (χ1n) is 5.16. The van der Waals surface area contributed by atoms with Crippen LogP contribution in [0.5, 0.6) is 0 Å². The summed E-state index contributed by atoms with van der Waals surface area (Å²) in [5.74, 6) is 0.148. The lowest BCUT2D eigenvalue weighted by molar-refractivity contribution is 0.0657. The zero-order chi connectivity index (χ0) is 10.7. The molecule has 0 saturated carbocycles. The first kappa shape index (κ1) is 10.4. The summed E-state index contributed by atoms with van der Waals surface area (Å²) in [6.07, 6.45) is 1.84. The van der Waals surface area contributed by atoms with Crippen molar-refractivity contribution in [3.05, 3.63) is 24.1 Å². The maximum absolute atomic E-state index is 12.9. The van der Waals surface area contributed by atoms with Gasteiger partial charge in [-0.25, -0.2) is 4.98 Å². The second-order valence-electron chi connectivity index (χ2n) is 4.14. The molecule has 1 aliphatic rings. The fourth-order valence-electron chi connectivity index (χ4n) is 1.73. The van der Waals surface area contributed by atoms with Gasteiger partial charge in [-0.15, -0.1) is 0 Å². The predicted octanol–water partition coefficient (Wildman–Crippen LogP) is 2.20. The Labute approximate surface area is 88.7 Å². The van der Waals surface area contributed by atoms with Crippen molar-refractivity contribution in [3.8, 4) is 0 Å².